The third-order valence-electron chi connectivity index (χ3n) is 3.64. The molecule has 3 heterocycles. The van der Waals surface area contributed by atoms with Gasteiger partial charge in [-0.3, -0.25) is 10.1 Å². The molecular weight excluding hydrogens is 288 g/mol. The van der Waals surface area contributed by atoms with Crippen LogP contribution in [0.5, 0.6) is 0 Å². The number of amides is 1. The summed E-state index contributed by atoms with van der Waals surface area (Å²) in [5.74, 6) is -0.248. The second-order valence-corrected chi connectivity index (χ2v) is 6.06. The van der Waals surface area contributed by atoms with Gasteiger partial charge in [-0.25, -0.2) is 9.67 Å². The van der Waals surface area contributed by atoms with Gasteiger partial charge in [0.05, 0.1) is 17.4 Å². The van der Waals surface area contributed by atoms with Crippen LogP contribution < -0.4 is 10.6 Å². The van der Waals surface area contributed by atoms with Crippen LogP contribution in [0.15, 0.2) is 5.38 Å². The number of nitrogens with one attached hydrogen (secondary N) is 2. The van der Waals surface area contributed by atoms with Crippen molar-refractivity contribution in [3.05, 3.63) is 22.5 Å². The predicted molar refractivity (Wildman–Crippen MR) is 80.7 cm³/mol. The Kier molecular flexibility index (Phi) is 3.98. The molecule has 2 aromatic rings. The van der Waals surface area contributed by atoms with Crippen molar-refractivity contribution in [1.82, 2.24) is 25.3 Å². The SMILES string of the molecule is Cc1csc(NC(=O)c2nnn(C3CCNCC3)c2C)n1. The Morgan fingerprint density at radius 1 is 1.43 bits per heavy atom. The summed E-state index contributed by atoms with van der Waals surface area (Å²) in [6.45, 7) is 5.74. The number of aromatic nitrogens is 4. The number of aryl methyl sites for hydroxylation is 1. The quantitative estimate of drug-likeness (QED) is 0.898. The molecule has 1 fully saturated rings. The van der Waals surface area contributed by atoms with Crippen LogP contribution in [-0.4, -0.2) is 39.0 Å². The van der Waals surface area contributed by atoms with Crippen LogP contribution in [0.4, 0.5) is 5.13 Å². The fourth-order valence-electron chi connectivity index (χ4n) is 2.52. The topological polar surface area (TPSA) is 84.7 Å². The van der Waals surface area contributed by atoms with Gasteiger partial charge < -0.3 is 5.32 Å². The van der Waals surface area contributed by atoms with E-state index < -0.39 is 0 Å². The van der Waals surface area contributed by atoms with Crippen LogP contribution in [-0.2, 0) is 0 Å². The molecule has 0 aromatic carbocycles. The minimum absolute atomic E-state index is 0.248. The first-order valence-electron chi connectivity index (χ1n) is 7.01. The summed E-state index contributed by atoms with van der Waals surface area (Å²) in [7, 11) is 0. The third-order valence-corrected chi connectivity index (χ3v) is 4.51. The molecular formula is C13H18N6OS. The van der Waals surface area contributed by atoms with Crippen LogP contribution in [0.3, 0.4) is 0 Å². The van der Waals surface area contributed by atoms with Crippen LogP contribution in [0.2, 0.25) is 0 Å². The van der Waals surface area contributed by atoms with E-state index in [1.165, 1.54) is 11.3 Å². The van der Waals surface area contributed by atoms with Gasteiger partial charge in [0.2, 0.25) is 0 Å². The first-order valence-corrected chi connectivity index (χ1v) is 7.89. The standard InChI is InChI=1S/C13H18N6OS/c1-8-7-21-13(15-8)16-12(20)11-9(2)19(18-17-11)10-3-5-14-6-4-10/h7,10,14H,3-6H2,1-2H3,(H,15,16,20). The van der Waals surface area contributed by atoms with E-state index in [1.54, 1.807) is 0 Å². The molecule has 0 atom stereocenters. The molecule has 0 spiro atoms. The molecule has 1 aliphatic rings. The average Bonchev–Trinajstić information content (AvgIpc) is 3.06. The highest BCUT2D eigenvalue weighted by atomic mass is 32.1. The fourth-order valence-corrected chi connectivity index (χ4v) is 3.20. The molecule has 112 valence electrons. The highest BCUT2D eigenvalue weighted by Crippen LogP contribution is 2.21. The lowest BCUT2D eigenvalue weighted by molar-refractivity contribution is 0.102. The van der Waals surface area contributed by atoms with Crippen LogP contribution >= 0.6 is 11.3 Å². The second-order valence-electron chi connectivity index (χ2n) is 5.20. The van der Waals surface area contributed by atoms with Crippen molar-refractivity contribution >= 4 is 22.4 Å². The largest absolute Gasteiger partial charge is 0.317 e. The molecule has 7 nitrogen and oxygen atoms in total. The number of thiazole rings is 1. The van der Waals surface area contributed by atoms with Crippen molar-refractivity contribution in [3.8, 4) is 0 Å². The van der Waals surface area contributed by atoms with E-state index in [1.807, 2.05) is 23.9 Å². The fraction of sp³-hybridized carbons (Fsp3) is 0.538. The first-order chi connectivity index (χ1) is 10.1. The van der Waals surface area contributed by atoms with Crippen molar-refractivity contribution in [2.45, 2.75) is 32.7 Å². The number of nitrogens with zero attached hydrogens (tertiary/aromatic N) is 4. The Morgan fingerprint density at radius 2 is 2.19 bits per heavy atom. The Morgan fingerprint density at radius 3 is 2.86 bits per heavy atom. The van der Waals surface area contributed by atoms with Gasteiger partial charge in [0.15, 0.2) is 10.8 Å². The molecule has 3 rings (SSSR count). The highest BCUT2D eigenvalue weighted by Gasteiger charge is 2.23. The summed E-state index contributed by atoms with van der Waals surface area (Å²) in [5.41, 5.74) is 2.08. The normalized spacial score (nSPS) is 16.1. The lowest BCUT2D eigenvalue weighted by atomic mass is 10.1. The molecule has 2 N–H and O–H groups in total. The smallest absolute Gasteiger partial charge is 0.279 e. The number of carbonyl (C=O) groups excluding carboxylic acids is 1. The van der Waals surface area contributed by atoms with E-state index in [4.69, 9.17) is 0 Å². The Bertz CT molecular complexity index is 643. The molecule has 0 unspecified atom stereocenters. The van der Waals surface area contributed by atoms with E-state index in [0.29, 0.717) is 16.9 Å². The molecule has 1 saturated heterocycles. The lowest BCUT2D eigenvalue weighted by Crippen LogP contribution is -2.30. The number of hydrogen-bond donors (Lipinski definition) is 2. The van der Waals surface area contributed by atoms with Crippen molar-refractivity contribution in [1.29, 1.82) is 0 Å². The molecule has 0 saturated carbocycles. The zero-order valence-electron chi connectivity index (χ0n) is 12.1. The maximum absolute atomic E-state index is 12.3. The Labute approximate surface area is 126 Å². The Balaban J connectivity index is 1.76. The van der Waals surface area contributed by atoms with Gasteiger partial charge in [-0.15, -0.1) is 16.4 Å². The maximum atomic E-state index is 12.3. The molecule has 1 amide bonds. The molecule has 0 radical (unpaired) electrons. The summed E-state index contributed by atoms with van der Waals surface area (Å²) < 4.78 is 1.88. The van der Waals surface area contributed by atoms with E-state index in [0.717, 1.165) is 37.3 Å². The number of rotatable bonds is 3. The predicted octanol–water partition coefficient (Wildman–Crippen LogP) is 1.53. The van der Waals surface area contributed by atoms with Gasteiger partial charge in [-0.2, -0.15) is 0 Å². The van der Waals surface area contributed by atoms with Crippen LogP contribution in [0.1, 0.15) is 40.8 Å². The van der Waals surface area contributed by atoms with Gasteiger partial charge in [0.1, 0.15) is 0 Å². The van der Waals surface area contributed by atoms with Gasteiger partial charge >= 0.3 is 0 Å². The number of hydrogen-bond acceptors (Lipinski definition) is 6. The number of carbonyl (C=O) groups is 1. The molecule has 21 heavy (non-hydrogen) atoms. The van der Waals surface area contributed by atoms with Crippen LogP contribution in [0.25, 0.3) is 0 Å². The monoisotopic (exact) mass is 306 g/mol. The maximum Gasteiger partial charge on any atom is 0.279 e. The summed E-state index contributed by atoms with van der Waals surface area (Å²) >= 11 is 1.41. The molecule has 0 aliphatic carbocycles. The van der Waals surface area contributed by atoms with Crippen molar-refractivity contribution in [2.24, 2.45) is 0 Å². The van der Waals surface area contributed by atoms with Crippen molar-refractivity contribution in [2.75, 3.05) is 18.4 Å². The van der Waals surface area contributed by atoms with E-state index in [2.05, 4.69) is 25.9 Å². The van der Waals surface area contributed by atoms with Gasteiger partial charge in [0.25, 0.3) is 5.91 Å². The average molecular weight is 306 g/mol. The Hall–Kier alpha value is -1.80. The summed E-state index contributed by atoms with van der Waals surface area (Å²) in [6, 6.07) is 0.322. The third kappa shape index (κ3) is 2.96. The van der Waals surface area contributed by atoms with Gasteiger partial charge in [-0.05, 0) is 39.8 Å². The van der Waals surface area contributed by atoms with E-state index >= 15 is 0 Å². The number of anilines is 1. The molecule has 2 aromatic heterocycles. The minimum Gasteiger partial charge on any atom is -0.317 e. The van der Waals surface area contributed by atoms with E-state index in [-0.39, 0.29) is 5.91 Å². The van der Waals surface area contributed by atoms with Gasteiger partial charge in [0, 0.05) is 5.38 Å². The highest BCUT2D eigenvalue weighted by molar-refractivity contribution is 7.13. The minimum atomic E-state index is -0.248. The zero-order chi connectivity index (χ0) is 14.8. The number of piperidine rings is 1. The molecule has 8 heteroatoms. The van der Waals surface area contributed by atoms with E-state index in [9.17, 15) is 4.79 Å². The van der Waals surface area contributed by atoms with Crippen molar-refractivity contribution in [3.63, 3.8) is 0 Å². The summed E-state index contributed by atoms with van der Waals surface area (Å²) in [5, 5.41) is 16.8. The molecule has 0 bridgehead atoms. The molecule has 1 aliphatic heterocycles. The zero-order valence-corrected chi connectivity index (χ0v) is 12.9. The van der Waals surface area contributed by atoms with Crippen molar-refractivity contribution < 1.29 is 4.79 Å². The van der Waals surface area contributed by atoms with Gasteiger partial charge in [-0.1, -0.05) is 5.21 Å². The summed E-state index contributed by atoms with van der Waals surface area (Å²) in [6.07, 6.45) is 2.02. The lowest BCUT2D eigenvalue weighted by Gasteiger charge is -2.23. The van der Waals surface area contributed by atoms with Crippen LogP contribution in [0, 0.1) is 13.8 Å². The summed E-state index contributed by atoms with van der Waals surface area (Å²) in [4.78, 5) is 16.5. The first kappa shape index (κ1) is 14.2. The second kappa shape index (κ2) is 5.90.